The van der Waals surface area contributed by atoms with Crippen LogP contribution in [-0.2, 0) is 9.59 Å². The summed E-state index contributed by atoms with van der Waals surface area (Å²) in [7, 11) is 0. The van der Waals surface area contributed by atoms with E-state index in [1.54, 1.807) is 0 Å². The summed E-state index contributed by atoms with van der Waals surface area (Å²) in [4.78, 5) is 47.0. The van der Waals surface area contributed by atoms with Crippen LogP contribution in [-0.4, -0.2) is 51.0 Å². The van der Waals surface area contributed by atoms with Gasteiger partial charge in [-0.05, 0) is 12.1 Å². The van der Waals surface area contributed by atoms with Gasteiger partial charge < -0.3 is 20.1 Å². The third kappa shape index (κ3) is 3.44. The van der Waals surface area contributed by atoms with Crippen LogP contribution in [0.3, 0.4) is 0 Å². The van der Waals surface area contributed by atoms with Gasteiger partial charge in [0, 0.05) is 6.20 Å². The van der Waals surface area contributed by atoms with Gasteiger partial charge in [-0.25, -0.2) is 0 Å². The number of nitrogens with one attached hydrogen (secondary N) is 1. The molecule has 0 aliphatic carbocycles. The minimum Gasteiger partial charge on any atom is -0.480 e. The molecule has 18 heavy (non-hydrogen) atoms. The Morgan fingerprint density at radius 1 is 1.17 bits per heavy atom. The number of rotatable bonds is 5. The molecule has 8 nitrogen and oxygen atoms in total. The van der Waals surface area contributed by atoms with Crippen molar-refractivity contribution in [3.05, 3.63) is 34.2 Å². The summed E-state index contributed by atoms with van der Waals surface area (Å²) in [5.41, 5.74) is -1.01. The van der Waals surface area contributed by atoms with Crippen LogP contribution in [0.5, 0.6) is 0 Å². The van der Waals surface area contributed by atoms with Crippen LogP contribution >= 0.6 is 0 Å². The zero-order valence-electron chi connectivity index (χ0n) is 9.12. The number of aromatic amines is 1. The molecule has 0 aliphatic heterocycles. The zero-order valence-corrected chi connectivity index (χ0v) is 9.12. The van der Waals surface area contributed by atoms with E-state index in [1.165, 1.54) is 18.3 Å². The van der Waals surface area contributed by atoms with Crippen molar-refractivity contribution in [3.8, 4) is 0 Å². The van der Waals surface area contributed by atoms with Crippen molar-refractivity contribution in [2.45, 2.75) is 0 Å². The Bertz CT molecular complexity index is 519. The first-order valence-corrected chi connectivity index (χ1v) is 4.82. The van der Waals surface area contributed by atoms with Gasteiger partial charge in [-0.15, -0.1) is 0 Å². The highest BCUT2D eigenvalue weighted by atomic mass is 16.4. The van der Waals surface area contributed by atoms with E-state index in [2.05, 4.69) is 4.98 Å². The highest BCUT2D eigenvalue weighted by Gasteiger charge is 2.22. The molecule has 0 unspecified atom stereocenters. The average molecular weight is 254 g/mol. The Morgan fingerprint density at radius 3 is 2.17 bits per heavy atom. The monoisotopic (exact) mass is 254 g/mol. The van der Waals surface area contributed by atoms with Crippen molar-refractivity contribution in [1.82, 2.24) is 9.88 Å². The van der Waals surface area contributed by atoms with Crippen LogP contribution in [0.25, 0.3) is 0 Å². The highest BCUT2D eigenvalue weighted by molar-refractivity contribution is 5.97. The summed E-state index contributed by atoms with van der Waals surface area (Å²) >= 11 is 0. The van der Waals surface area contributed by atoms with E-state index in [4.69, 9.17) is 10.2 Å². The average Bonchev–Trinajstić information content (AvgIpc) is 2.26. The lowest BCUT2D eigenvalue weighted by Crippen LogP contribution is -2.41. The standard InChI is InChI=1S/C10H10N2O6/c13-7(14)4-12(5-8(15)16)10(18)6-2-1-3-11-9(6)17/h1-3H,4-5H2,(H,11,17)(H,13,14)(H,15,16). The fraction of sp³-hybridized carbons (Fsp3) is 0.200. The molecular formula is C10H10N2O6. The van der Waals surface area contributed by atoms with Crippen molar-refractivity contribution < 1.29 is 24.6 Å². The van der Waals surface area contributed by atoms with E-state index >= 15 is 0 Å². The lowest BCUT2D eigenvalue weighted by molar-refractivity contribution is -0.140. The molecule has 0 saturated heterocycles. The summed E-state index contributed by atoms with van der Waals surface area (Å²) in [5.74, 6) is -3.67. The maximum absolute atomic E-state index is 11.8. The molecule has 1 amide bonds. The molecule has 96 valence electrons. The lowest BCUT2D eigenvalue weighted by Gasteiger charge is -2.17. The predicted octanol–water partition coefficient (Wildman–Crippen LogP) is -1.01. The fourth-order valence-electron chi connectivity index (χ4n) is 1.29. The summed E-state index contributed by atoms with van der Waals surface area (Å²) < 4.78 is 0. The number of aliphatic carboxylic acids is 2. The molecule has 1 rings (SSSR count). The van der Waals surface area contributed by atoms with Crippen LogP contribution in [0.15, 0.2) is 23.1 Å². The van der Waals surface area contributed by atoms with E-state index in [0.717, 1.165) is 0 Å². The molecule has 1 heterocycles. The molecule has 1 aromatic rings. The summed E-state index contributed by atoms with van der Waals surface area (Å²) in [6.45, 7) is -1.58. The second kappa shape index (κ2) is 5.62. The smallest absolute Gasteiger partial charge is 0.323 e. The minimum atomic E-state index is -1.36. The lowest BCUT2D eigenvalue weighted by atomic mass is 10.2. The second-order valence-electron chi connectivity index (χ2n) is 3.36. The van der Waals surface area contributed by atoms with E-state index in [0.29, 0.717) is 4.90 Å². The van der Waals surface area contributed by atoms with Gasteiger partial charge in [0.15, 0.2) is 0 Å². The van der Waals surface area contributed by atoms with Gasteiger partial charge in [0.2, 0.25) is 0 Å². The molecule has 0 spiro atoms. The van der Waals surface area contributed by atoms with Crippen molar-refractivity contribution in [1.29, 1.82) is 0 Å². The molecule has 3 N–H and O–H groups in total. The van der Waals surface area contributed by atoms with Gasteiger partial charge in [0.1, 0.15) is 18.7 Å². The predicted molar refractivity (Wildman–Crippen MR) is 58.2 cm³/mol. The molecular weight excluding hydrogens is 244 g/mol. The third-order valence-electron chi connectivity index (χ3n) is 1.99. The summed E-state index contributed by atoms with van der Waals surface area (Å²) in [5, 5.41) is 17.2. The normalized spacial score (nSPS) is 9.78. The second-order valence-corrected chi connectivity index (χ2v) is 3.36. The van der Waals surface area contributed by atoms with Gasteiger partial charge in [-0.2, -0.15) is 0 Å². The van der Waals surface area contributed by atoms with Crippen LogP contribution in [0.2, 0.25) is 0 Å². The largest absolute Gasteiger partial charge is 0.480 e. The fourth-order valence-corrected chi connectivity index (χ4v) is 1.29. The number of carboxylic acid groups (broad SMARTS) is 2. The van der Waals surface area contributed by atoms with Crippen LogP contribution < -0.4 is 5.56 Å². The maximum Gasteiger partial charge on any atom is 0.323 e. The molecule has 0 bridgehead atoms. The van der Waals surface area contributed by atoms with Gasteiger partial charge in [-0.1, -0.05) is 0 Å². The number of pyridine rings is 1. The van der Waals surface area contributed by atoms with Gasteiger partial charge in [0.25, 0.3) is 11.5 Å². The van der Waals surface area contributed by atoms with Gasteiger partial charge >= 0.3 is 11.9 Å². The first-order valence-electron chi connectivity index (χ1n) is 4.82. The van der Waals surface area contributed by atoms with Crippen LogP contribution in [0, 0.1) is 0 Å². The van der Waals surface area contributed by atoms with Crippen molar-refractivity contribution in [3.63, 3.8) is 0 Å². The van der Waals surface area contributed by atoms with E-state index in [9.17, 15) is 19.2 Å². The quantitative estimate of drug-likeness (QED) is 0.617. The van der Waals surface area contributed by atoms with Crippen molar-refractivity contribution in [2.24, 2.45) is 0 Å². The van der Waals surface area contributed by atoms with Gasteiger partial charge in [-0.3, -0.25) is 19.2 Å². The molecule has 0 aliphatic rings. The third-order valence-corrected chi connectivity index (χ3v) is 1.99. The number of hydrogen-bond acceptors (Lipinski definition) is 4. The zero-order chi connectivity index (χ0) is 13.7. The molecule has 1 aromatic heterocycles. The van der Waals surface area contributed by atoms with E-state index in [1.807, 2.05) is 0 Å². The summed E-state index contributed by atoms with van der Waals surface area (Å²) in [6, 6.07) is 2.58. The first-order chi connectivity index (χ1) is 8.41. The number of carbonyl (C=O) groups is 3. The summed E-state index contributed by atoms with van der Waals surface area (Å²) in [6.07, 6.45) is 1.30. The van der Waals surface area contributed by atoms with Crippen molar-refractivity contribution >= 4 is 17.8 Å². The topological polar surface area (TPSA) is 128 Å². The minimum absolute atomic E-state index is 0.306. The molecule has 0 atom stereocenters. The number of H-pyrrole nitrogens is 1. The Labute approximate surface area is 100 Å². The van der Waals surface area contributed by atoms with Crippen molar-refractivity contribution in [2.75, 3.05) is 13.1 Å². The molecule has 8 heteroatoms. The Hall–Kier alpha value is -2.64. The first kappa shape index (κ1) is 13.4. The SMILES string of the molecule is O=C(O)CN(CC(=O)O)C(=O)c1ccc[nH]c1=O. The van der Waals surface area contributed by atoms with E-state index < -0.39 is 36.5 Å². The number of nitrogens with zero attached hydrogens (tertiary/aromatic N) is 1. The van der Waals surface area contributed by atoms with Crippen LogP contribution in [0.1, 0.15) is 10.4 Å². The molecule has 0 radical (unpaired) electrons. The number of carboxylic acids is 2. The number of aromatic nitrogens is 1. The maximum atomic E-state index is 11.8. The Balaban J connectivity index is 3.02. The Morgan fingerprint density at radius 2 is 1.72 bits per heavy atom. The number of amides is 1. The van der Waals surface area contributed by atoms with Crippen LogP contribution in [0.4, 0.5) is 0 Å². The molecule has 0 aromatic carbocycles. The molecule has 0 fully saturated rings. The number of hydrogen-bond donors (Lipinski definition) is 3. The Kier molecular flexibility index (Phi) is 4.19. The van der Waals surface area contributed by atoms with E-state index in [-0.39, 0.29) is 5.56 Å². The van der Waals surface area contributed by atoms with Gasteiger partial charge in [0.05, 0.1) is 0 Å². The molecule has 0 saturated carbocycles. The number of carbonyl (C=O) groups excluding carboxylic acids is 1. The highest BCUT2D eigenvalue weighted by Crippen LogP contribution is 1.99.